The molecule has 83 heavy (non-hydrogen) atoms. The van der Waals surface area contributed by atoms with Crippen LogP contribution in [-0.4, -0.2) is 9.13 Å². The first-order chi connectivity index (χ1) is 40.5. The van der Waals surface area contributed by atoms with Crippen LogP contribution in [0.15, 0.2) is 176 Å². The zero-order chi connectivity index (χ0) is 57.6. The molecular formula is C71H32N12. The Bertz CT molecular complexity index is 4810. The minimum atomic E-state index is 0.298. The molecule has 0 saturated carbocycles. The van der Waals surface area contributed by atoms with E-state index >= 15 is 0 Å². The van der Waals surface area contributed by atoms with Crippen molar-refractivity contribution in [1.82, 2.24) is 9.13 Å². The van der Waals surface area contributed by atoms with Gasteiger partial charge in [-0.2, -0.15) is 26.3 Å². The Labute approximate surface area is 475 Å². The molecular weight excluding hydrogens is 1020 g/mol. The van der Waals surface area contributed by atoms with Gasteiger partial charge in [-0.05, 0) is 166 Å². The summed E-state index contributed by atoms with van der Waals surface area (Å²) in [5, 5.41) is 54.8. The molecule has 2 heterocycles. The third-order valence-electron chi connectivity index (χ3n) is 15.0. The molecule has 0 saturated heterocycles. The minimum Gasteiger partial charge on any atom is -0.308 e. The summed E-state index contributed by atoms with van der Waals surface area (Å²) >= 11 is 0. The van der Waals surface area contributed by atoms with Crippen LogP contribution in [0.25, 0.3) is 135 Å². The van der Waals surface area contributed by atoms with Gasteiger partial charge in [-0.25, -0.2) is 24.2 Å². The van der Waals surface area contributed by atoms with Crippen molar-refractivity contribution in [2.75, 3.05) is 0 Å². The number of nitrogens with zero attached hydrogens (tertiary/aromatic N) is 12. The largest absolute Gasteiger partial charge is 0.308 e. The lowest BCUT2D eigenvalue weighted by Gasteiger charge is -2.21. The van der Waals surface area contributed by atoms with E-state index in [0.29, 0.717) is 140 Å². The van der Waals surface area contributed by atoms with Gasteiger partial charge in [0.15, 0.2) is 28.4 Å². The number of benzene rings is 10. The summed E-state index contributed by atoms with van der Waals surface area (Å²) in [6.45, 7) is 41.6. The molecule has 0 N–H and O–H groups in total. The predicted octanol–water partition coefficient (Wildman–Crippen LogP) is 18.6. The monoisotopic (exact) mass is 1050 g/mol. The molecule has 0 fully saturated rings. The molecule has 0 aliphatic carbocycles. The highest BCUT2D eigenvalue weighted by molar-refractivity contribution is 6.15. The fourth-order valence-electron chi connectivity index (χ4n) is 11.3. The molecule has 0 spiro atoms. The van der Waals surface area contributed by atoms with Gasteiger partial charge in [0.05, 0.1) is 108 Å². The third kappa shape index (κ3) is 8.40. The van der Waals surface area contributed by atoms with Crippen LogP contribution in [-0.2, 0) is 0 Å². The fourth-order valence-corrected chi connectivity index (χ4v) is 11.3. The van der Waals surface area contributed by atoms with Crippen molar-refractivity contribution in [2.45, 2.75) is 6.92 Å². The summed E-state index contributed by atoms with van der Waals surface area (Å²) in [5.41, 5.74) is 14.8. The van der Waals surface area contributed by atoms with Crippen LogP contribution < -0.4 is 0 Å². The Balaban J connectivity index is 1.22. The van der Waals surface area contributed by atoms with Crippen LogP contribution in [0.2, 0.25) is 0 Å². The van der Waals surface area contributed by atoms with Crippen molar-refractivity contribution in [3.05, 3.63) is 266 Å². The average Bonchev–Trinajstić information content (AvgIpc) is 4.04. The van der Waals surface area contributed by atoms with Crippen molar-refractivity contribution in [2.24, 2.45) is 0 Å². The number of hydrogen-bond donors (Lipinski definition) is 0. The number of nitriles is 5. The number of fused-ring (bicyclic) bond motifs is 6. The lowest BCUT2D eigenvalue weighted by Crippen LogP contribution is -2.05. The molecule has 0 unspecified atom stereocenters. The maximum atomic E-state index is 11.2. The lowest BCUT2D eigenvalue weighted by molar-refractivity contribution is 1.13. The van der Waals surface area contributed by atoms with Crippen molar-refractivity contribution < 1.29 is 0 Å². The van der Waals surface area contributed by atoms with Gasteiger partial charge < -0.3 is 9.13 Å². The van der Waals surface area contributed by atoms with Gasteiger partial charge in [-0.3, -0.25) is 0 Å². The second-order valence-electron chi connectivity index (χ2n) is 19.6. The van der Waals surface area contributed by atoms with E-state index in [0.717, 1.165) is 32.6 Å². The summed E-state index contributed by atoms with van der Waals surface area (Å²) in [6.07, 6.45) is 0. The fraction of sp³-hybridized carbons (Fsp3) is 0.0141. The zero-order valence-electron chi connectivity index (χ0n) is 43.6. The molecule has 2 aromatic heterocycles. The van der Waals surface area contributed by atoms with E-state index in [2.05, 4.69) is 63.7 Å². The summed E-state index contributed by atoms with van der Waals surface area (Å²) in [5.74, 6) is 0. The quantitative estimate of drug-likeness (QED) is 0.146. The van der Waals surface area contributed by atoms with Crippen LogP contribution in [0, 0.1) is 96.4 Å². The van der Waals surface area contributed by atoms with Crippen molar-refractivity contribution in [3.63, 3.8) is 0 Å². The van der Waals surface area contributed by atoms with E-state index in [-0.39, 0.29) is 0 Å². The van der Waals surface area contributed by atoms with Crippen molar-refractivity contribution >= 4 is 72.0 Å². The van der Waals surface area contributed by atoms with Crippen LogP contribution in [0.3, 0.4) is 0 Å². The molecule has 376 valence electrons. The summed E-state index contributed by atoms with van der Waals surface area (Å²) < 4.78 is 4.18. The van der Waals surface area contributed by atoms with Gasteiger partial charge >= 0.3 is 0 Å². The third-order valence-corrected chi connectivity index (χ3v) is 15.0. The molecule has 0 aliphatic heterocycles. The molecule has 10 aromatic carbocycles. The molecule has 0 bridgehead atoms. The Kier molecular flexibility index (Phi) is 12.3. The van der Waals surface area contributed by atoms with E-state index in [4.69, 9.17) is 32.9 Å². The SMILES string of the molecule is [C-]#[N+]c1ccc(-c2ccc3c(c2)c2cc(-c4ccc([N+]#[C-])cc4[N+]#[C-])ccc2n3-c2cc(C#N)cc(-n3c4ccc(-c5ccc(C#N)cc5[N+]#[C-])cc4c4cc(-c5ccc(C#N)cc5[N+]#[C-])ccc43)c2-c2cc(C)cc(C#N)c2)c(C#N)c1. The highest BCUT2D eigenvalue weighted by Gasteiger charge is 2.26. The Morgan fingerprint density at radius 3 is 1.12 bits per heavy atom. The van der Waals surface area contributed by atoms with Gasteiger partial charge in [0, 0.05) is 43.8 Å². The van der Waals surface area contributed by atoms with Crippen LogP contribution in [0.1, 0.15) is 33.4 Å². The second kappa shape index (κ2) is 20.2. The van der Waals surface area contributed by atoms with Gasteiger partial charge in [0.1, 0.15) is 0 Å². The maximum absolute atomic E-state index is 11.2. The zero-order valence-corrected chi connectivity index (χ0v) is 43.6. The molecule has 12 heteroatoms. The van der Waals surface area contributed by atoms with E-state index in [9.17, 15) is 26.3 Å². The van der Waals surface area contributed by atoms with Crippen LogP contribution in [0.5, 0.6) is 0 Å². The normalized spacial score (nSPS) is 10.6. The standard InChI is InChI=1S/C71H32N12/c1-41-23-44(38-74)25-50(24-41)71-69(82-65-19-9-46(54-17-13-52(77-2)30-51(54)40-76)31-58(65)59-34-49(12-22-66(59)82)57-18-14-53(78-3)35-64(57)81-6)28-45(39-75)29-70(71)83-67-20-10-47(55-15-7-42(36-72)26-62(55)79-4)32-60(67)61-33-48(11-21-68(61)83)56-16-8-43(37-73)27-63(56)80-5/h7-35H,1H3. The first-order valence-electron chi connectivity index (χ1n) is 25.5. The minimum absolute atomic E-state index is 0.298. The molecule has 12 aromatic rings. The smallest absolute Gasteiger partial charge is 0.196 e. The van der Waals surface area contributed by atoms with Crippen LogP contribution in [0.4, 0.5) is 28.4 Å². The molecule has 0 amide bonds. The highest BCUT2D eigenvalue weighted by Crippen LogP contribution is 2.47. The molecule has 0 radical (unpaired) electrons. The molecule has 0 aliphatic rings. The van der Waals surface area contributed by atoms with Gasteiger partial charge in [0.2, 0.25) is 0 Å². The Morgan fingerprint density at radius 1 is 0.325 bits per heavy atom. The van der Waals surface area contributed by atoms with E-state index in [1.165, 1.54) is 0 Å². The van der Waals surface area contributed by atoms with Crippen molar-refractivity contribution in [3.8, 4) is 97.4 Å². The average molecular weight is 1050 g/mol. The summed E-state index contributed by atoms with van der Waals surface area (Å²) in [6, 6.07) is 64.3. The second-order valence-corrected chi connectivity index (χ2v) is 19.6. The first-order valence-corrected chi connectivity index (χ1v) is 25.5. The number of rotatable bonds is 7. The van der Waals surface area contributed by atoms with Gasteiger partial charge in [0.25, 0.3) is 0 Å². The Morgan fingerprint density at radius 2 is 0.711 bits per heavy atom. The van der Waals surface area contributed by atoms with E-state index in [1.807, 2.05) is 110 Å². The molecule has 12 rings (SSSR count). The highest BCUT2D eigenvalue weighted by atomic mass is 15.0. The van der Waals surface area contributed by atoms with E-state index in [1.54, 1.807) is 72.8 Å². The number of aryl methyl sites for hydroxylation is 1. The van der Waals surface area contributed by atoms with Crippen LogP contribution >= 0.6 is 0 Å². The van der Waals surface area contributed by atoms with E-state index < -0.39 is 0 Å². The van der Waals surface area contributed by atoms with Crippen molar-refractivity contribution in [1.29, 1.82) is 26.3 Å². The first kappa shape index (κ1) is 50.5. The maximum Gasteiger partial charge on any atom is 0.196 e. The molecule has 0 atom stereocenters. The van der Waals surface area contributed by atoms with Gasteiger partial charge in [-0.1, -0.05) is 72.8 Å². The summed E-state index contributed by atoms with van der Waals surface area (Å²) in [4.78, 5) is 18.6. The Hall–Kier alpha value is -13.3. The topological polar surface area (TPSA) is 151 Å². The predicted molar refractivity (Wildman–Crippen MR) is 322 cm³/mol. The number of aromatic nitrogens is 2. The lowest BCUT2D eigenvalue weighted by atomic mass is 9.95. The summed E-state index contributed by atoms with van der Waals surface area (Å²) in [7, 11) is 0. The van der Waals surface area contributed by atoms with Gasteiger partial charge in [-0.15, -0.1) is 0 Å². The number of hydrogen-bond acceptors (Lipinski definition) is 5. The molecule has 12 nitrogen and oxygen atoms in total.